The van der Waals surface area contributed by atoms with Gasteiger partial charge in [0.1, 0.15) is 0 Å². The summed E-state index contributed by atoms with van der Waals surface area (Å²) in [7, 11) is 2.95. The van der Waals surface area contributed by atoms with Crippen LogP contribution in [0.4, 0.5) is 0 Å². The number of likely N-dealkylation sites (tertiary alicyclic amines) is 1. The Morgan fingerprint density at radius 2 is 1.81 bits per heavy atom. The van der Waals surface area contributed by atoms with E-state index in [2.05, 4.69) is 16.7 Å². The van der Waals surface area contributed by atoms with E-state index in [0.717, 1.165) is 25.9 Å². The average molecular weight is 321 g/mol. The summed E-state index contributed by atoms with van der Waals surface area (Å²) >= 11 is 0. The van der Waals surface area contributed by atoms with Crippen molar-refractivity contribution in [2.75, 3.05) is 54.4 Å². The molecule has 1 saturated heterocycles. The van der Waals surface area contributed by atoms with Gasteiger partial charge in [-0.3, -0.25) is 4.79 Å². The Morgan fingerprint density at radius 3 is 2.33 bits per heavy atom. The first kappa shape index (κ1) is 18.3. The molecule has 0 amide bonds. The molecule has 7 nitrogen and oxygen atoms in total. The fourth-order valence-corrected chi connectivity index (χ4v) is 3.60. The first-order valence-corrected chi connectivity index (χ1v) is 8.60. The Hall–Kier alpha value is -0.700. The van der Waals surface area contributed by atoms with Crippen LogP contribution in [0.5, 0.6) is 0 Å². The summed E-state index contributed by atoms with van der Waals surface area (Å²) in [5.41, 5.74) is 0. The van der Waals surface area contributed by atoms with Gasteiger partial charge in [0, 0.05) is 27.2 Å². The van der Waals surface area contributed by atoms with Crippen LogP contribution in [0.2, 0.25) is 0 Å². The molecule has 0 atom stereocenters. The average Bonchev–Trinajstić information content (AvgIpc) is 2.46. The molecular formula is C13H27N3O4S. The minimum absolute atomic E-state index is 0.0638. The highest BCUT2D eigenvalue weighted by Gasteiger charge is 2.27. The molecule has 1 aliphatic heterocycles. The molecule has 1 fully saturated rings. The van der Waals surface area contributed by atoms with Gasteiger partial charge in [0.25, 0.3) is 10.2 Å². The second kappa shape index (κ2) is 8.07. The van der Waals surface area contributed by atoms with Gasteiger partial charge in [-0.2, -0.15) is 17.0 Å². The second-order valence-corrected chi connectivity index (χ2v) is 7.82. The van der Waals surface area contributed by atoms with Crippen molar-refractivity contribution in [1.82, 2.24) is 13.5 Å². The lowest BCUT2D eigenvalue weighted by Crippen LogP contribution is -2.44. The van der Waals surface area contributed by atoms with E-state index in [9.17, 15) is 13.2 Å². The van der Waals surface area contributed by atoms with Crippen molar-refractivity contribution in [3.63, 3.8) is 0 Å². The third kappa shape index (κ3) is 5.54. The van der Waals surface area contributed by atoms with Crippen LogP contribution in [0.15, 0.2) is 0 Å². The smallest absolute Gasteiger partial charge is 0.306 e. The van der Waals surface area contributed by atoms with E-state index in [-0.39, 0.29) is 13.0 Å². The molecule has 0 aromatic heterocycles. The zero-order chi connectivity index (χ0) is 16.0. The number of methoxy groups -OCH3 is 1. The number of nitrogens with zero attached hydrogens (tertiary/aromatic N) is 3. The topological polar surface area (TPSA) is 70.2 Å². The van der Waals surface area contributed by atoms with Crippen molar-refractivity contribution in [2.45, 2.75) is 19.3 Å². The summed E-state index contributed by atoms with van der Waals surface area (Å²) < 4.78 is 31.8. The van der Waals surface area contributed by atoms with Gasteiger partial charge < -0.3 is 9.64 Å². The Bertz CT molecular complexity index is 433. The van der Waals surface area contributed by atoms with E-state index in [1.54, 1.807) is 7.05 Å². The molecule has 0 aromatic rings. The third-order valence-corrected chi connectivity index (χ3v) is 5.91. The Kier molecular flexibility index (Phi) is 7.05. The highest BCUT2D eigenvalue weighted by atomic mass is 32.2. The van der Waals surface area contributed by atoms with Crippen LogP contribution in [-0.4, -0.2) is 82.3 Å². The van der Waals surface area contributed by atoms with Crippen molar-refractivity contribution in [2.24, 2.45) is 5.92 Å². The number of carbonyl (C=O) groups is 1. The molecule has 0 bridgehead atoms. The summed E-state index contributed by atoms with van der Waals surface area (Å²) in [6.07, 6.45) is 2.10. The van der Waals surface area contributed by atoms with E-state index >= 15 is 0 Å². The first-order chi connectivity index (χ1) is 9.77. The summed E-state index contributed by atoms with van der Waals surface area (Å²) in [6, 6.07) is 0. The van der Waals surface area contributed by atoms with Crippen LogP contribution >= 0.6 is 0 Å². The lowest BCUT2D eigenvalue weighted by molar-refractivity contribution is -0.140. The van der Waals surface area contributed by atoms with Crippen LogP contribution in [0.25, 0.3) is 0 Å². The van der Waals surface area contributed by atoms with Crippen molar-refractivity contribution in [3.05, 3.63) is 0 Å². The normalized spacial score (nSPS) is 18.4. The highest BCUT2D eigenvalue weighted by molar-refractivity contribution is 7.86. The van der Waals surface area contributed by atoms with Gasteiger partial charge in [-0.05, 0) is 38.9 Å². The monoisotopic (exact) mass is 321 g/mol. The minimum Gasteiger partial charge on any atom is -0.469 e. The van der Waals surface area contributed by atoms with E-state index in [0.29, 0.717) is 12.5 Å². The number of carbonyl (C=O) groups excluding carboxylic acids is 1. The largest absolute Gasteiger partial charge is 0.469 e. The summed E-state index contributed by atoms with van der Waals surface area (Å²) in [5, 5.41) is 0. The number of piperidine rings is 1. The molecule has 8 heteroatoms. The molecule has 0 N–H and O–H groups in total. The van der Waals surface area contributed by atoms with Gasteiger partial charge in [-0.25, -0.2) is 0 Å². The maximum absolute atomic E-state index is 12.4. The lowest BCUT2D eigenvalue weighted by atomic mass is 9.97. The summed E-state index contributed by atoms with van der Waals surface area (Å²) in [5.74, 6) is -0.00926. The Labute approximate surface area is 128 Å². The van der Waals surface area contributed by atoms with Gasteiger partial charge in [0.2, 0.25) is 0 Å². The molecule has 124 valence electrons. The zero-order valence-corrected chi connectivity index (χ0v) is 14.2. The van der Waals surface area contributed by atoms with Gasteiger partial charge in [-0.1, -0.05) is 0 Å². The maximum Gasteiger partial charge on any atom is 0.306 e. The molecule has 1 heterocycles. The summed E-state index contributed by atoms with van der Waals surface area (Å²) in [4.78, 5) is 13.4. The Balaban J connectivity index is 2.50. The fourth-order valence-electron chi connectivity index (χ4n) is 2.41. The maximum atomic E-state index is 12.4. The predicted octanol–water partition coefficient (Wildman–Crippen LogP) is -0.000300. The number of hydrogen-bond donors (Lipinski definition) is 0. The van der Waals surface area contributed by atoms with Crippen LogP contribution in [0.3, 0.4) is 0 Å². The van der Waals surface area contributed by atoms with Crippen molar-refractivity contribution < 1.29 is 17.9 Å². The number of esters is 1. The number of hydrogen-bond acceptors (Lipinski definition) is 5. The second-order valence-electron chi connectivity index (χ2n) is 5.68. The van der Waals surface area contributed by atoms with Crippen molar-refractivity contribution in [3.8, 4) is 0 Å². The third-order valence-electron chi connectivity index (χ3n) is 4.00. The SMILES string of the molecule is COC(=O)CCN(C)S(=O)(=O)N(C)CC1CCN(C)CC1. The van der Waals surface area contributed by atoms with Gasteiger partial charge >= 0.3 is 5.97 Å². The molecule has 1 aliphatic rings. The van der Waals surface area contributed by atoms with Gasteiger partial charge in [0.15, 0.2) is 0 Å². The molecule has 0 aliphatic carbocycles. The lowest BCUT2D eigenvalue weighted by Gasteiger charge is -2.32. The van der Waals surface area contributed by atoms with Crippen molar-refractivity contribution in [1.29, 1.82) is 0 Å². The van der Waals surface area contributed by atoms with Crippen LogP contribution < -0.4 is 0 Å². The van der Waals surface area contributed by atoms with Gasteiger partial charge in [-0.15, -0.1) is 0 Å². The highest BCUT2D eigenvalue weighted by Crippen LogP contribution is 2.18. The number of rotatable bonds is 7. The minimum atomic E-state index is -3.51. The summed E-state index contributed by atoms with van der Waals surface area (Å²) in [6.45, 7) is 2.68. The molecule has 0 aromatic carbocycles. The van der Waals surface area contributed by atoms with E-state index in [1.807, 2.05) is 0 Å². The Morgan fingerprint density at radius 1 is 1.24 bits per heavy atom. The fraction of sp³-hybridized carbons (Fsp3) is 0.923. The molecule has 0 spiro atoms. The standard InChI is InChI=1S/C13H27N3O4S/c1-14-8-5-12(6-9-14)11-16(3)21(18,19)15(2)10-7-13(17)20-4/h12H,5-11H2,1-4H3. The molecule has 1 rings (SSSR count). The van der Waals surface area contributed by atoms with Crippen LogP contribution in [-0.2, 0) is 19.7 Å². The molecular weight excluding hydrogens is 294 g/mol. The van der Waals surface area contributed by atoms with E-state index < -0.39 is 16.2 Å². The zero-order valence-electron chi connectivity index (χ0n) is 13.4. The van der Waals surface area contributed by atoms with Crippen molar-refractivity contribution >= 4 is 16.2 Å². The number of ether oxygens (including phenoxy) is 1. The molecule has 0 saturated carbocycles. The van der Waals surface area contributed by atoms with E-state index in [4.69, 9.17) is 0 Å². The molecule has 0 radical (unpaired) electrons. The quantitative estimate of drug-likeness (QED) is 0.617. The van der Waals surface area contributed by atoms with Crippen LogP contribution in [0, 0.1) is 5.92 Å². The van der Waals surface area contributed by atoms with Gasteiger partial charge in [0.05, 0.1) is 13.5 Å². The molecule has 0 unspecified atom stereocenters. The predicted molar refractivity (Wildman–Crippen MR) is 81.0 cm³/mol. The first-order valence-electron chi connectivity index (χ1n) is 7.20. The molecule has 21 heavy (non-hydrogen) atoms. The van der Waals surface area contributed by atoms with Crippen LogP contribution in [0.1, 0.15) is 19.3 Å². The van der Waals surface area contributed by atoms with E-state index in [1.165, 1.54) is 22.8 Å².